The molecule has 1 aromatic carbocycles. The molecule has 0 heterocycles. The lowest BCUT2D eigenvalue weighted by molar-refractivity contribution is -0.177. The number of aliphatic imine (C=N–C) groups is 1. The number of hydrogen-bond acceptors (Lipinski definition) is 2. The molecule has 1 saturated carbocycles. The number of Topliss-reactive ketones (excluding diaryl/α,β-unsaturated/α-hetero) is 1. The van der Waals surface area contributed by atoms with Crippen LogP contribution in [-0.2, 0) is 11.0 Å². The van der Waals surface area contributed by atoms with E-state index in [1.54, 1.807) is 0 Å². The Bertz CT molecular complexity index is 616. The fraction of sp³-hybridized carbons (Fsp3) is 0.429. The molecule has 1 aliphatic carbocycles. The van der Waals surface area contributed by atoms with Crippen LogP contribution in [0.2, 0.25) is 0 Å². The fourth-order valence-corrected chi connectivity index (χ4v) is 2.54. The van der Waals surface area contributed by atoms with Crippen LogP contribution >= 0.6 is 0 Å². The number of carbonyl (C=O) groups is 1. The highest BCUT2D eigenvalue weighted by Crippen LogP contribution is 2.42. The van der Waals surface area contributed by atoms with Gasteiger partial charge in [-0.1, -0.05) is 18.2 Å². The largest absolute Gasteiger partial charge is 0.416 e. The van der Waals surface area contributed by atoms with E-state index in [9.17, 15) is 31.1 Å². The van der Waals surface area contributed by atoms with E-state index in [0.29, 0.717) is 6.07 Å². The number of alkyl halides is 6. The van der Waals surface area contributed by atoms with Crippen LogP contribution in [0.1, 0.15) is 23.5 Å². The Morgan fingerprint density at radius 3 is 2.27 bits per heavy atom. The normalized spacial score (nSPS) is 25.0. The predicted molar refractivity (Wildman–Crippen MR) is 66.7 cm³/mol. The fourth-order valence-electron chi connectivity index (χ4n) is 2.54. The van der Waals surface area contributed by atoms with Gasteiger partial charge in [-0.25, -0.2) is 0 Å². The van der Waals surface area contributed by atoms with Crippen LogP contribution in [0.4, 0.5) is 26.3 Å². The molecule has 0 saturated heterocycles. The van der Waals surface area contributed by atoms with Gasteiger partial charge in [0.05, 0.1) is 11.5 Å². The minimum atomic E-state index is -4.73. The molecule has 1 aliphatic rings. The first-order chi connectivity index (χ1) is 10.1. The molecule has 2 unspecified atom stereocenters. The summed E-state index contributed by atoms with van der Waals surface area (Å²) in [5, 5.41) is 0. The second-order valence-corrected chi connectivity index (χ2v) is 4.97. The average Bonchev–Trinajstić information content (AvgIpc) is 2.74. The van der Waals surface area contributed by atoms with Crippen molar-refractivity contribution in [2.45, 2.75) is 24.7 Å². The number of carbonyl (C=O) groups excluding carboxylic acids is 1. The molecule has 2 rings (SSSR count). The zero-order valence-electron chi connectivity index (χ0n) is 11.3. The summed E-state index contributed by atoms with van der Waals surface area (Å²) < 4.78 is 76.6. The summed E-state index contributed by atoms with van der Waals surface area (Å²) in [5.41, 5.74) is -1.18. The van der Waals surface area contributed by atoms with Gasteiger partial charge >= 0.3 is 12.4 Å². The van der Waals surface area contributed by atoms with Crippen molar-refractivity contribution in [3.63, 3.8) is 0 Å². The van der Waals surface area contributed by atoms with Gasteiger partial charge < -0.3 is 0 Å². The standard InChI is InChI=1S/C14H11F6NO/c1-21-10-6-9(14(18,19)20)12(22)11(10)7-3-2-4-8(5-7)13(15,16)17/h2-5,9,11H,6H2,1H3. The summed E-state index contributed by atoms with van der Waals surface area (Å²) in [5.74, 6) is -4.75. The zero-order chi connectivity index (χ0) is 16.7. The maximum atomic E-state index is 12.8. The molecular weight excluding hydrogens is 312 g/mol. The Morgan fingerprint density at radius 2 is 1.77 bits per heavy atom. The highest BCUT2D eigenvalue weighted by atomic mass is 19.4. The van der Waals surface area contributed by atoms with E-state index in [4.69, 9.17) is 0 Å². The molecule has 0 amide bonds. The molecule has 0 N–H and O–H groups in total. The molecule has 22 heavy (non-hydrogen) atoms. The van der Waals surface area contributed by atoms with Crippen LogP contribution in [0, 0.1) is 5.92 Å². The van der Waals surface area contributed by atoms with Crippen LogP contribution < -0.4 is 0 Å². The summed E-state index contributed by atoms with van der Waals surface area (Å²) in [7, 11) is 1.22. The lowest BCUT2D eigenvalue weighted by atomic mass is 9.92. The van der Waals surface area contributed by atoms with Gasteiger partial charge in [0.25, 0.3) is 0 Å². The van der Waals surface area contributed by atoms with Gasteiger partial charge in [-0.05, 0) is 11.6 Å². The van der Waals surface area contributed by atoms with E-state index in [2.05, 4.69) is 4.99 Å². The molecule has 0 aliphatic heterocycles. The first kappa shape index (κ1) is 16.5. The van der Waals surface area contributed by atoms with Crippen molar-refractivity contribution in [3.05, 3.63) is 35.4 Å². The summed E-state index contributed by atoms with van der Waals surface area (Å²) in [6, 6.07) is 3.78. The van der Waals surface area contributed by atoms with Crippen molar-refractivity contribution in [2.24, 2.45) is 10.9 Å². The van der Waals surface area contributed by atoms with Crippen LogP contribution in [0.25, 0.3) is 0 Å². The third kappa shape index (κ3) is 3.00. The van der Waals surface area contributed by atoms with Crippen molar-refractivity contribution in [2.75, 3.05) is 7.05 Å². The molecular formula is C14H11F6NO. The highest BCUT2D eigenvalue weighted by Gasteiger charge is 2.53. The molecule has 0 radical (unpaired) electrons. The second kappa shape index (κ2) is 5.40. The third-order valence-corrected chi connectivity index (χ3v) is 3.60. The summed E-state index contributed by atoms with van der Waals surface area (Å²) in [6.07, 6.45) is -9.98. The molecule has 0 bridgehead atoms. The molecule has 8 heteroatoms. The van der Waals surface area contributed by atoms with Gasteiger partial charge in [-0.2, -0.15) is 26.3 Å². The number of ketones is 1. The molecule has 120 valence electrons. The van der Waals surface area contributed by atoms with Crippen molar-refractivity contribution >= 4 is 11.5 Å². The Morgan fingerprint density at radius 1 is 1.14 bits per heavy atom. The molecule has 0 aromatic heterocycles. The quantitative estimate of drug-likeness (QED) is 0.718. The van der Waals surface area contributed by atoms with E-state index in [0.717, 1.165) is 12.1 Å². The van der Waals surface area contributed by atoms with Crippen molar-refractivity contribution in [3.8, 4) is 0 Å². The number of benzene rings is 1. The number of rotatable bonds is 1. The molecule has 1 fully saturated rings. The number of hydrogen-bond donors (Lipinski definition) is 0. The smallest absolute Gasteiger partial charge is 0.298 e. The molecule has 0 spiro atoms. The Balaban J connectivity index is 2.45. The van der Waals surface area contributed by atoms with E-state index < -0.39 is 42.0 Å². The first-order valence-corrected chi connectivity index (χ1v) is 6.29. The van der Waals surface area contributed by atoms with Gasteiger partial charge in [-0.3, -0.25) is 9.79 Å². The maximum absolute atomic E-state index is 12.8. The number of halogens is 6. The zero-order valence-corrected chi connectivity index (χ0v) is 11.3. The second-order valence-electron chi connectivity index (χ2n) is 4.97. The van der Waals surface area contributed by atoms with Crippen molar-refractivity contribution in [1.82, 2.24) is 0 Å². The van der Waals surface area contributed by atoms with Crippen LogP contribution in [0.15, 0.2) is 29.3 Å². The highest BCUT2D eigenvalue weighted by molar-refractivity contribution is 6.17. The van der Waals surface area contributed by atoms with Crippen LogP contribution in [0.5, 0.6) is 0 Å². The van der Waals surface area contributed by atoms with E-state index in [-0.39, 0.29) is 11.3 Å². The predicted octanol–water partition coefficient (Wildman–Crippen LogP) is 4.01. The van der Waals surface area contributed by atoms with E-state index >= 15 is 0 Å². The Hall–Kier alpha value is -1.86. The van der Waals surface area contributed by atoms with E-state index in [1.807, 2.05) is 0 Å². The minimum absolute atomic E-state index is 0.0494. The lowest BCUT2D eigenvalue weighted by Crippen LogP contribution is -2.28. The summed E-state index contributed by atoms with van der Waals surface area (Å²) >= 11 is 0. The monoisotopic (exact) mass is 323 g/mol. The van der Waals surface area contributed by atoms with Crippen molar-refractivity contribution < 1.29 is 31.1 Å². The van der Waals surface area contributed by atoms with Gasteiger partial charge in [0.15, 0.2) is 5.78 Å². The molecule has 2 atom stereocenters. The van der Waals surface area contributed by atoms with Gasteiger partial charge in [0.2, 0.25) is 0 Å². The van der Waals surface area contributed by atoms with Gasteiger partial charge in [0.1, 0.15) is 5.92 Å². The first-order valence-electron chi connectivity index (χ1n) is 6.29. The summed E-state index contributed by atoms with van der Waals surface area (Å²) in [4.78, 5) is 15.7. The van der Waals surface area contributed by atoms with Crippen LogP contribution in [-0.4, -0.2) is 24.7 Å². The summed E-state index contributed by atoms with van der Waals surface area (Å²) in [6.45, 7) is 0. The lowest BCUT2D eigenvalue weighted by Gasteiger charge is -2.15. The Kier molecular flexibility index (Phi) is 4.06. The van der Waals surface area contributed by atoms with Crippen LogP contribution in [0.3, 0.4) is 0 Å². The average molecular weight is 323 g/mol. The van der Waals surface area contributed by atoms with Gasteiger partial charge in [-0.15, -0.1) is 0 Å². The maximum Gasteiger partial charge on any atom is 0.416 e. The van der Waals surface area contributed by atoms with Crippen molar-refractivity contribution in [1.29, 1.82) is 0 Å². The van der Waals surface area contributed by atoms with E-state index in [1.165, 1.54) is 13.1 Å². The topological polar surface area (TPSA) is 29.4 Å². The minimum Gasteiger partial charge on any atom is -0.298 e. The SMILES string of the molecule is CN=C1CC(C(F)(F)F)C(=O)C1c1cccc(C(F)(F)F)c1. The molecule has 2 nitrogen and oxygen atoms in total. The third-order valence-electron chi connectivity index (χ3n) is 3.60. The number of nitrogens with zero attached hydrogens (tertiary/aromatic N) is 1. The molecule has 1 aromatic rings. The van der Waals surface area contributed by atoms with Gasteiger partial charge in [0, 0.05) is 19.2 Å². The Labute approximate surface area is 121 Å².